The molecule has 0 bridgehead atoms. The molecule has 0 fully saturated rings. The number of benzene rings is 1. The second-order valence-corrected chi connectivity index (χ2v) is 2.74. The molecule has 0 aliphatic carbocycles. The fourth-order valence-electron chi connectivity index (χ4n) is 1.05. The van der Waals surface area contributed by atoms with Gasteiger partial charge in [-0.25, -0.2) is 4.39 Å². The zero-order valence-corrected chi connectivity index (χ0v) is 7.60. The summed E-state index contributed by atoms with van der Waals surface area (Å²) in [5.74, 6) is 1.96. The van der Waals surface area contributed by atoms with E-state index < -0.39 is 0 Å². The highest BCUT2D eigenvalue weighted by Gasteiger charge is 1.99. The summed E-state index contributed by atoms with van der Waals surface area (Å²) in [6.07, 6.45) is 5.10. The van der Waals surface area contributed by atoms with Crippen LogP contribution in [-0.2, 0) is 6.54 Å². The quantitative estimate of drug-likeness (QED) is 0.695. The van der Waals surface area contributed by atoms with Crippen LogP contribution in [0.1, 0.15) is 18.1 Å². The Balaban J connectivity index is 2.79. The zero-order chi connectivity index (χ0) is 9.68. The summed E-state index contributed by atoms with van der Waals surface area (Å²) in [5.41, 5.74) is 1.23. The van der Waals surface area contributed by atoms with Crippen molar-refractivity contribution >= 4 is 0 Å². The lowest BCUT2D eigenvalue weighted by molar-refractivity contribution is 0.618. The van der Waals surface area contributed by atoms with E-state index in [9.17, 15) is 4.39 Å². The second kappa shape index (κ2) is 4.64. The molecule has 1 rings (SSSR count). The van der Waals surface area contributed by atoms with Gasteiger partial charge >= 0.3 is 0 Å². The van der Waals surface area contributed by atoms with Gasteiger partial charge in [0.25, 0.3) is 0 Å². The van der Waals surface area contributed by atoms with Crippen molar-refractivity contribution in [3.05, 3.63) is 35.1 Å². The average molecular weight is 177 g/mol. The molecule has 1 aromatic rings. The predicted octanol–water partition coefficient (Wildman–Crippen LogP) is 1.92. The van der Waals surface area contributed by atoms with Gasteiger partial charge in [0.2, 0.25) is 0 Å². The molecule has 13 heavy (non-hydrogen) atoms. The van der Waals surface area contributed by atoms with E-state index in [0.717, 1.165) is 12.1 Å². The lowest BCUT2D eigenvalue weighted by atomic mass is 10.1. The van der Waals surface area contributed by atoms with Crippen LogP contribution in [0.3, 0.4) is 0 Å². The summed E-state index contributed by atoms with van der Waals surface area (Å²) in [5, 5.41) is 3.11. The van der Waals surface area contributed by atoms with Crippen molar-refractivity contribution in [2.75, 3.05) is 6.54 Å². The van der Waals surface area contributed by atoms with Crippen LogP contribution in [0.25, 0.3) is 0 Å². The molecule has 1 N–H and O–H groups in total. The molecule has 68 valence electrons. The minimum atomic E-state index is -0.321. The first-order valence-corrected chi connectivity index (χ1v) is 4.23. The topological polar surface area (TPSA) is 12.0 Å². The third kappa shape index (κ3) is 2.57. The van der Waals surface area contributed by atoms with Crippen LogP contribution >= 0.6 is 0 Å². The summed E-state index contributed by atoms with van der Waals surface area (Å²) in [7, 11) is 0. The molecule has 0 radical (unpaired) electrons. The fraction of sp³-hybridized carbons (Fsp3) is 0.273. The van der Waals surface area contributed by atoms with Crippen LogP contribution in [0.15, 0.2) is 18.2 Å². The standard InChI is InChI=1S/C11H12FN/c1-3-10-6-5-9(7-11(10)12)8-13-4-2/h1,5-7,13H,4,8H2,2H3. The van der Waals surface area contributed by atoms with E-state index in [4.69, 9.17) is 6.42 Å². The van der Waals surface area contributed by atoms with E-state index in [1.807, 2.05) is 13.0 Å². The Labute approximate surface area is 78.0 Å². The molecule has 0 amide bonds. The molecule has 0 atom stereocenters. The summed E-state index contributed by atoms with van der Waals surface area (Å²) in [6, 6.07) is 4.93. The van der Waals surface area contributed by atoms with Gasteiger partial charge in [-0.2, -0.15) is 0 Å². The lowest BCUT2D eigenvalue weighted by Gasteiger charge is -2.02. The molecule has 0 unspecified atom stereocenters. The van der Waals surface area contributed by atoms with Gasteiger partial charge in [0.1, 0.15) is 5.82 Å². The Morgan fingerprint density at radius 2 is 2.31 bits per heavy atom. The van der Waals surface area contributed by atoms with Gasteiger partial charge in [0.05, 0.1) is 5.56 Å². The Bertz CT molecular complexity index is 325. The van der Waals surface area contributed by atoms with E-state index in [2.05, 4.69) is 11.2 Å². The molecule has 2 heteroatoms. The van der Waals surface area contributed by atoms with Crippen molar-refractivity contribution in [1.82, 2.24) is 5.32 Å². The van der Waals surface area contributed by atoms with E-state index in [1.165, 1.54) is 6.07 Å². The number of nitrogens with one attached hydrogen (secondary N) is 1. The van der Waals surface area contributed by atoms with Crippen LogP contribution < -0.4 is 5.32 Å². The Morgan fingerprint density at radius 3 is 2.85 bits per heavy atom. The van der Waals surface area contributed by atoms with Crippen molar-refractivity contribution in [1.29, 1.82) is 0 Å². The predicted molar refractivity (Wildman–Crippen MR) is 51.7 cm³/mol. The fourth-order valence-corrected chi connectivity index (χ4v) is 1.05. The van der Waals surface area contributed by atoms with Gasteiger partial charge in [0.15, 0.2) is 0 Å². The molecular formula is C11H12FN. The first kappa shape index (κ1) is 9.76. The van der Waals surface area contributed by atoms with Gasteiger partial charge in [-0.05, 0) is 24.2 Å². The van der Waals surface area contributed by atoms with E-state index in [0.29, 0.717) is 12.1 Å². The molecule has 1 aromatic carbocycles. The minimum Gasteiger partial charge on any atom is -0.313 e. The van der Waals surface area contributed by atoms with Gasteiger partial charge in [-0.15, -0.1) is 6.42 Å². The Kier molecular flexibility index (Phi) is 3.48. The number of rotatable bonds is 3. The Morgan fingerprint density at radius 1 is 1.54 bits per heavy atom. The number of terminal acetylenes is 1. The highest BCUT2D eigenvalue weighted by atomic mass is 19.1. The molecule has 0 saturated carbocycles. The number of hydrogen-bond donors (Lipinski definition) is 1. The minimum absolute atomic E-state index is 0.320. The summed E-state index contributed by atoms with van der Waals surface area (Å²) in [6.45, 7) is 3.56. The van der Waals surface area contributed by atoms with Crippen molar-refractivity contribution in [2.24, 2.45) is 0 Å². The third-order valence-electron chi connectivity index (χ3n) is 1.77. The maximum atomic E-state index is 13.1. The van der Waals surface area contributed by atoms with E-state index >= 15 is 0 Å². The van der Waals surface area contributed by atoms with Crippen LogP contribution in [0.5, 0.6) is 0 Å². The van der Waals surface area contributed by atoms with Crippen molar-refractivity contribution in [3.8, 4) is 12.3 Å². The van der Waals surface area contributed by atoms with Crippen LogP contribution in [0.2, 0.25) is 0 Å². The lowest BCUT2D eigenvalue weighted by Crippen LogP contribution is -2.11. The largest absolute Gasteiger partial charge is 0.313 e. The van der Waals surface area contributed by atoms with Gasteiger partial charge in [0, 0.05) is 6.54 Å². The first-order valence-electron chi connectivity index (χ1n) is 4.23. The maximum Gasteiger partial charge on any atom is 0.139 e. The second-order valence-electron chi connectivity index (χ2n) is 2.74. The SMILES string of the molecule is C#Cc1ccc(CNCC)cc1F. The average Bonchev–Trinajstić information content (AvgIpc) is 2.15. The summed E-state index contributed by atoms with van der Waals surface area (Å²) < 4.78 is 13.1. The summed E-state index contributed by atoms with van der Waals surface area (Å²) in [4.78, 5) is 0. The molecule has 1 nitrogen and oxygen atoms in total. The van der Waals surface area contributed by atoms with Crippen molar-refractivity contribution < 1.29 is 4.39 Å². The molecule has 0 saturated heterocycles. The van der Waals surface area contributed by atoms with Gasteiger partial charge in [-0.1, -0.05) is 18.9 Å². The maximum absolute atomic E-state index is 13.1. The van der Waals surface area contributed by atoms with Crippen LogP contribution in [-0.4, -0.2) is 6.54 Å². The van der Waals surface area contributed by atoms with Gasteiger partial charge in [-0.3, -0.25) is 0 Å². The third-order valence-corrected chi connectivity index (χ3v) is 1.77. The monoisotopic (exact) mass is 177 g/mol. The normalized spacial score (nSPS) is 9.62. The smallest absolute Gasteiger partial charge is 0.139 e. The Hall–Kier alpha value is -1.33. The molecule has 0 aliphatic heterocycles. The molecule has 0 aliphatic rings. The highest BCUT2D eigenvalue weighted by molar-refractivity contribution is 5.35. The van der Waals surface area contributed by atoms with Crippen LogP contribution in [0.4, 0.5) is 4.39 Å². The van der Waals surface area contributed by atoms with E-state index in [1.54, 1.807) is 6.07 Å². The molecule has 0 aromatic heterocycles. The molecule has 0 heterocycles. The van der Waals surface area contributed by atoms with Crippen LogP contribution in [0, 0.1) is 18.2 Å². The van der Waals surface area contributed by atoms with Gasteiger partial charge < -0.3 is 5.32 Å². The first-order chi connectivity index (χ1) is 6.27. The molecule has 0 spiro atoms. The number of halogens is 1. The molecular weight excluding hydrogens is 165 g/mol. The van der Waals surface area contributed by atoms with Crippen molar-refractivity contribution in [2.45, 2.75) is 13.5 Å². The zero-order valence-electron chi connectivity index (χ0n) is 7.60. The van der Waals surface area contributed by atoms with E-state index in [-0.39, 0.29) is 5.82 Å². The van der Waals surface area contributed by atoms with Crippen molar-refractivity contribution in [3.63, 3.8) is 0 Å². The number of hydrogen-bond acceptors (Lipinski definition) is 1. The summed E-state index contributed by atoms with van der Waals surface area (Å²) >= 11 is 0. The highest BCUT2D eigenvalue weighted by Crippen LogP contribution is 2.08.